The normalized spacial score (nSPS) is 10.7. The molecule has 0 saturated carbocycles. The second-order valence-corrected chi connectivity index (χ2v) is 3.87. The number of rotatable bonds is 5. The Morgan fingerprint density at radius 3 is 2.73 bits per heavy atom. The quantitative estimate of drug-likeness (QED) is 0.775. The van der Waals surface area contributed by atoms with Gasteiger partial charge in [-0.2, -0.15) is 0 Å². The molecule has 0 radical (unpaired) electrons. The van der Waals surface area contributed by atoms with Crippen LogP contribution in [0.5, 0.6) is 0 Å². The Labute approximate surface area is 91.3 Å². The highest BCUT2D eigenvalue weighted by atomic mass is 15.0. The maximum atomic E-state index is 5.66. The summed E-state index contributed by atoms with van der Waals surface area (Å²) in [6.07, 6.45) is 2.91. The molecule has 3 N–H and O–H groups in total. The molecular weight excluding hydrogens is 188 g/mol. The first kappa shape index (κ1) is 11.9. The number of hydrogen-bond acceptors (Lipinski definition) is 4. The zero-order valence-corrected chi connectivity index (χ0v) is 9.75. The van der Waals surface area contributed by atoms with Crippen LogP contribution in [0.3, 0.4) is 0 Å². The van der Waals surface area contributed by atoms with E-state index in [1.165, 1.54) is 0 Å². The summed E-state index contributed by atoms with van der Waals surface area (Å²) in [5.74, 6) is 1.20. The summed E-state index contributed by atoms with van der Waals surface area (Å²) in [6.45, 7) is 7.66. The van der Waals surface area contributed by atoms with Crippen LogP contribution >= 0.6 is 0 Å². The summed E-state index contributed by atoms with van der Waals surface area (Å²) < 4.78 is 0. The molecule has 0 aliphatic heterocycles. The van der Waals surface area contributed by atoms with E-state index in [1.54, 1.807) is 0 Å². The van der Waals surface area contributed by atoms with Gasteiger partial charge in [-0.25, -0.2) is 9.97 Å². The van der Waals surface area contributed by atoms with Crippen molar-refractivity contribution in [3.05, 3.63) is 17.7 Å². The van der Waals surface area contributed by atoms with Crippen LogP contribution in [0, 0.1) is 0 Å². The zero-order valence-electron chi connectivity index (χ0n) is 9.75. The molecule has 1 aromatic heterocycles. The van der Waals surface area contributed by atoms with Gasteiger partial charge in [-0.1, -0.05) is 20.8 Å². The first-order chi connectivity index (χ1) is 7.19. The molecule has 0 atom stereocenters. The van der Waals surface area contributed by atoms with Crippen molar-refractivity contribution in [3.8, 4) is 0 Å². The lowest BCUT2D eigenvalue weighted by atomic mass is 10.2. The van der Waals surface area contributed by atoms with Crippen molar-refractivity contribution in [3.63, 3.8) is 0 Å². The fraction of sp³-hybridized carbons (Fsp3) is 0.636. The van der Waals surface area contributed by atoms with Crippen LogP contribution in [-0.4, -0.2) is 16.5 Å². The highest BCUT2D eigenvalue weighted by molar-refractivity contribution is 5.45. The van der Waals surface area contributed by atoms with Gasteiger partial charge in [0.15, 0.2) is 0 Å². The van der Waals surface area contributed by atoms with Crippen molar-refractivity contribution in [2.45, 2.75) is 39.7 Å². The van der Waals surface area contributed by atoms with Crippen molar-refractivity contribution < 1.29 is 0 Å². The Morgan fingerprint density at radius 2 is 2.20 bits per heavy atom. The highest BCUT2D eigenvalue weighted by Crippen LogP contribution is 2.15. The van der Waals surface area contributed by atoms with Gasteiger partial charge in [0.1, 0.15) is 5.82 Å². The number of nitrogens with one attached hydrogen (secondary N) is 1. The van der Waals surface area contributed by atoms with E-state index in [9.17, 15) is 0 Å². The molecule has 0 fully saturated rings. The van der Waals surface area contributed by atoms with Crippen LogP contribution in [0.4, 0.5) is 5.69 Å². The van der Waals surface area contributed by atoms with Crippen LogP contribution < -0.4 is 11.1 Å². The first-order valence-electron chi connectivity index (χ1n) is 5.48. The predicted molar refractivity (Wildman–Crippen MR) is 62.8 cm³/mol. The average Bonchev–Trinajstić information content (AvgIpc) is 2.25. The first-order valence-corrected chi connectivity index (χ1v) is 5.48. The van der Waals surface area contributed by atoms with Crippen molar-refractivity contribution in [2.75, 3.05) is 11.9 Å². The number of hydrogen-bond donors (Lipinski definition) is 2. The number of anilines is 1. The fourth-order valence-electron chi connectivity index (χ4n) is 1.27. The molecule has 1 heterocycles. The van der Waals surface area contributed by atoms with Crippen LogP contribution in [0.2, 0.25) is 0 Å². The molecular formula is C11H20N4. The summed E-state index contributed by atoms with van der Waals surface area (Å²) in [4.78, 5) is 8.76. The third-order valence-electron chi connectivity index (χ3n) is 2.16. The van der Waals surface area contributed by atoms with Gasteiger partial charge in [-0.05, 0) is 6.42 Å². The largest absolute Gasteiger partial charge is 0.382 e. The molecule has 0 aliphatic carbocycles. The lowest BCUT2D eigenvalue weighted by molar-refractivity contribution is 0.756. The van der Waals surface area contributed by atoms with E-state index >= 15 is 0 Å². The van der Waals surface area contributed by atoms with Gasteiger partial charge in [-0.15, -0.1) is 0 Å². The van der Waals surface area contributed by atoms with Crippen LogP contribution in [0.25, 0.3) is 0 Å². The van der Waals surface area contributed by atoms with E-state index in [0.717, 1.165) is 30.2 Å². The van der Waals surface area contributed by atoms with Gasteiger partial charge in [0.05, 0.1) is 17.6 Å². The van der Waals surface area contributed by atoms with Gasteiger partial charge < -0.3 is 11.1 Å². The van der Waals surface area contributed by atoms with E-state index < -0.39 is 0 Å². The topological polar surface area (TPSA) is 63.8 Å². The Bertz CT molecular complexity index is 309. The second-order valence-electron chi connectivity index (χ2n) is 3.87. The third-order valence-corrected chi connectivity index (χ3v) is 2.16. The molecule has 0 aliphatic rings. The van der Waals surface area contributed by atoms with Crippen molar-refractivity contribution >= 4 is 5.69 Å². The van der Waals surface area contributed by atoms with Crippen molar-refractivity contribution in [1.29, 1.82) is 0 Å². The molecule has 0 spiro atoms. The standard InChI is InChI=1S/C11H20N4/c1-4-5-13-10-7-14-11(8(2)3)15-9(10)6-12/h7-8,13H,4-6,12H2,1-3H3. The van der Waals surface area contributed by atoms with E-state index in [1.807, 2.05) is 6.20 Å². The Kier molecular flexibility index (Phi) is 4.49. The van der Waals surface area contributed by atoms with E-state index in [4.69, 9.17) is 5.73 Å². The van der Waals surface area contributed by atoms with E-state index in [2.05, 4.69) is 36.1 Å². The molecule has 0 saturated heterocycles. The molecule has 1 aromatic rings. The molecule has 4 heteroatoms. The highest BCUT2D eigenvalue weighted by Gasteiger charge is 2.07. The monoisotopic (exact) mass is 208 g/mol. The summed E-state index contributed by atoms with van der Waals surface area (Å²) in [5, 5.41) is 3.27. The Hall–Kier alpha value is -1.16. The molecule has 0 unspecified atom stereocenters. The van der Waals surface area contributed by atoms with E-state index in [0.29, 0.717) is 12.5 Å². The smallest absolute Gasteiger partial charge is 0.131 e. The summed E-state index contributed by atoms with van der Waals surface area (Å²) >= 11 is 0. The van der Waals surface area contributed by atoms with Gasteiger partial charge in [0.2, 0.25) is 0 Å². The molecule has 15 heavy (non-hydrogen) atoms. The minimum Gasteiger partial charge on any atom is -0.382 e. The number of nitrogens with two attached hydrogens (primary N) is 1. The maximum Gasteiger partial charge on any atom is 0.131 e. The van der Waals surface area contributed by atoms with E-state index in [-0.39, 0.29) is 0 Å². The minimum atomic E-state index is 0.343. The summed E-state index contributed by atoms with van der Waals surface area (Å²) in [5.41, 5.74) is 7.53. The number of nitrogens with zero attached hydrogens (tertiary/aromatic N) is 2. The summed E-state index contributed by atoms with van der Waals surface area (Å²) in [7, 11) is 0. The molecule has 1 rings (SSSR count). The van der Waals surface area contributed by atoms with Crippen LogP contribution in [0.1, 0.15) is 44.6 Å². The Balaban J connectivity index is 2.88. The lowest BCUT2D eigenvalue weighted by Crippen LogP contribution is -2.11. The maximum absolute atomic E-state index is 5.66. The van der Waals surface area contributed by atoms with Crippen molar-refractivity contribution in [1.82, 2.24) is 9.97 Å². The number of aromatic nitrogens is 2. The van der Waals surface area contributed by atoms with Gasteiger partial charge in [0, 0.05) is 19.0 Å². The molecule has 0 aromatic carbocycles. The lowest BCUT2D eigenvalue weighted by Gasteiger charge is -2.11. The molecule has 4 nitrogen and oxygen atoms in total. The third kappa shape index (κ3) is 3.16. The Morgan fingerprint density at radius 1 is 1.47 bits per heavy atom. The second kappa shape index (κ2) is 5.66. The zero-order chi connectivity index (χ0) is 11.3. The molecule has 84 valence electrons. The van der Waals surface area contributed by atoms with Gasteiger partial charge in [-0.3, -0.25) is 0 Å². The van der Waals surface area contributed by atoms with Gasteiger partial charge >= 0.3 is 0 Å². The van der Waals surface area contributed by atoms with Crippen LogP contribution in [-0.2, 0) is 6.54 Å². The van der Waals surface area contributed by atoms with Crippen molar-refractivity contribution in [2.24, 2.45) is 5.73 Å². The minimum absolute atomic E-state index is 0.343. The average molecular weight is 208 g/mol. The predicted octanol–water partition coefficient (Wildman–Crippen LogP) is 1.88. The molecule has 0 amide bonds. The summed E-state index contributed by atoms with van der Waals surface area (Å²) in [6, 6.07) is 0. The fourth-order valence-corrected chi connectivity index (χ4v) is 1.27. The van der Waals surface area contributed by atoms with Crippen LogP contribution in [0.15, 0.2) is 6.20 Å². The molecule has 0 bridgehead atoms. The SMILES string of the molecule is CCCNc1cnc(C(C)C)nc1CN. The van der Waals surface area contributed by atoms with Gasteiger partial charge in [0.25, 0.3) is 0 Å².